The summed E-state index contributed by atoms with van der Waals surface area (Å²) in [5, 5.41) is 2.58. The number of benzene rings is 2. The van der Waals surface area contributed by atoms with Gasteiger partial charge in [-0.3, -0.25) is 4.79 Å². The summed E-state index contributed by atoms with van der Waals surface area (Å²) in [6.45, 7) is 7.29. The van der Waals surface area contributed by atoms with E-state index in [0.717, 1.165) is 24.8 Å². The molecule has 0 fully saturated rings. The molecule has 0 aliphatic heterocycles. The number of esters is 1. The summed E-state index contributed by atoms with van der Waals surface area (Å²) < 4.78 is 18.3. The molecule has 144 valence electrons. The first kappa shape index (κ1) is 20.7. The van der Waals surface area contributed by atoms with Crippen molar-refractivity contribution < 1.29 is 18.7 Å². The number of halogens is 2. The third-order valence-corrected chi connectivity index (χ3v) is 4.39. The minimum absolute atomic E-state index is 0.0638. The highest BCUT2D eigenvalue weighted by Gasteiger charge is 2.20. The molecule has 1 amide bonds. The average molecular weight is 393 g/mol. The van der Waals surface area contributed by atoms with E-state index in [-0.39, 0.29) is 10.7 Å². The molecule has 2 aromatic rings. The van der Waals surface area contributed by atoms with Gasteiger partial charge in [-0.2, -0.15) is 0 Å². The highest BCUT2D eigenvalue weighted by atomic mass is 35.5. The number of amides is 1. The SMILES string of the molecule is CCN(CC)c1ccc(C(=O)OC(C)C(=O)Nc2ccc(F)cc2Cl)cc1. The Morgan fingerprint density at radius 2 is 1.78 bits per heavy atom. The molecule has 2 aromatic carbocycles. The highest BCUT2D eigenvalue weighted by Crippen LogP contribution is 2.23. The molecule has 0 saturated carbocycles. The number of nitrogens with one attached hydrogen (secondary N) is 1. The number of carbonyl (C=O) groups excluding carboxylic acids is 2. The van der Waals surface area contributed by atoms with E-state index >= 15 is 0 Å². The Hall–Kier alpha value is -2.60. The van der Waals surface area contributed by atoms with Gasteiger partial charge in [-0.15, -0.1) is 0 Å². The van der Waals surface area contributed by atoms with Crippen molar-refractivity contribution in [3.63, 3.8) is 0 Å². The van der Waals surface area contributed by atoms with E-state index in [1.54, 1.807) is 12.1 Å². The van der Waals surface area contributed by atoms with E-state index in [4.69, 9.17) is 16.3 Å². The van der Waals surface area contributed by atoms with Crippen molar-refractivity contribution >= 4 is 34.9 Å². The van der Waals surface area contributed by atoms with Crippen molar-refractivity contribution in [1.82, 2.24) is 0 Å². The number of carbonyl (C=O) groups is 2. The van der Waals surface area contributed by atoms with Gasteiger partial charge in [-0.05, 0) is 63.2 Å². The van der Waals surface area contributed by atoms with Crippen LogP contribution in [0.15, 0.2) is 42.5 Å². The third-order valence-electron chi connectivity index (χ3n) is 4.07. The number of ether oxygens (including phenoxy) is 1. The summed E-state index contributed by atoms with van der Waals surface area (Å²) in [6.07, 6.45) is -1.04. The standard InChI is InChI=1S/C20H22ClFN2O3/c1-4-24(5-2)16-9-6-14(7-10-16)20(26)27-13(3)19(25)23-18-11-8-15(22)12-17(18)21/h6-13H,4-5H2,1-3H3,(H,23,25). The average Bonchev–Trinajstić information content (AvgIpc) is 2.65. The smallest absolute Gasteiger partial charge is 0.338 e. The van der Waals surface area contributed by atoms with E-state index in [2.05, 4.69) is 24.1 Å². The molecular weight excluding hydrogens is 371 g/mol. The zero-order chi connectivity index (χ0) is 20.0. The van der Waals surface area contributed by atoms with Gasteiger partial charge in [-0.25, -0.2) is 9.18 Å². The molecule has 0 saturated heterocycles. The van der Waals surface area contributed by atoms with Crippen molar-refractivity contribution in [2.24, 2.45) is 0 Å². The topological polar surface area (TPSA) is 58.6 Å². The zero-order valence-electron chi connectivity index (χ0n) is 15.5. The van der Waals surface area contributed by atoms with Crippen LogP contribution in [-0.4, -0.2) is 31.1 Å². The fourth-order valence-electron chi connectivity index (χ4n) is 2.50. The second-order valence-corrected chi connectivity index (χ2v) is 6.29. The minimum atomic E-state index is -1.04. The number of rotatable bonds is 7. The number of anilines is 2. The maximum atomic E-state index is 13.1. The van der Waals surface area contributed by atoms with Crippen LogP contribution in [0.5, 0.6) is 0 Å². The van der Waals surface area contributed by atoms with Gasteiger partial charge in [0.05, 0.1) is 16.3 Å². The quantitative estimate of drug-likeness (QED) is 0.704. The number of hydrogen-bond donors (Lipinski definition) is 1. The van der Waals surface area contributed by atoms with Gasteiger partial charge in [0.15, 0.2) is 6.10 Å². The molecule has 0 radical (unpaired) electrons. The lowest BCUT2D eigenvalue weighted by Gasteiger charge is -2.21. The van der Waals surface area contributed by atoms with Crippen LogP contribution in [-0.2, 0) is 9.53 Å². The van der Waals surface area contributed by atoms with Crippen LogP contribution in [0.1, 0.15) is 31.1 Å². The van der Waals surface area contributed by atoms with Crippen LogP contribution in [0.3, 0.4) is 0 Å². The van der Waals surface area contributed by atoms with Gasteiger partial charge in [0.25, 0.3) is 5.91 Å². The first-order chi connectivity index (χ1) is 12.8. The fourth-order valence-corrected chi connectivity index (χ4v) is 2.72. The molecule has 1 unspecified atom stereocenters. The Balaban J connectivity index is 1.98. The van der Waals surface area contributed by atoms with E-state index < -0.39 is 23.8 Å². The zero-order valence-corrected chi connectivity index (χ0v) is 16.2. The Morgan fingerprint density at radius 1 is 1.15 bits per heavy atom. The first-order valence-corrected chi connectivity index (χ1v) is 9.05. The van der Waals surface area contributed by atoms with Crippen LogP contribution in [0.2, 0.25) is 5.02 Å². The second kappa shape index (κ2) is 9.37. The van der Waals surface area contributed by atoms with Crippen molar-refractivity contribution in [3.8, 4) is 0 Å². The van der Waals surface area contributed by atoms with E-state index in [1.807, 2.05) is 12.1 Å². The molecule has 7 heteroatoms. The van der Waals surface area contributed by atoms with Crippen molar-refractivity contribution in [1.29, 1.82) is 0 Å². The predicted molar refractivity (Wildman–Crippen MR) is 105 cm³/mol. The summed E-state index contributed by atoms with van der Waals surface area (Å²) >= 11 is 5.88. The van der Waals surface area contributed by atoms with Crippen molar-refractivity contribution in [2.75, 3.05) is 23.3 Å². The summed E-state index contributed by atoms with van der Waals surface area (Å²) in [5.74, 6) is -1.67. The van der Waals surface area contributed by atoms with Gasteiger partial charge in [0.1, 0.15) is 5.82 Å². The first-order valence-electron chi connectivity index (χ1n) is 8.67. The molecule has 0 aliphatic rings. The molecule has 0 aliphatic carbocycles. The van der Waals surface area contributed by atoms with Gasteiger partial charge < -0.3 is 15.0 Å². The molecule has 5 nitrogen and oxygen atoms in total. The van der Waals surface area contributed by atoms with E-state index in [1.165, 1.54) is 19.1 Å². The maximum Gasteiger partial charge on any atom is 0.338 e. The lowest BCUT2D eigenvalue weighted by molar-refractivity contribution is -0.123. The van der Waals surface area contributed by atoms with Crippen LogP contribution in [0.25, 0.3) is 0 Å². The summed E-state index contributed by atoms with van der Waals surface area (Å²) in [7, 11) is 0. The van der Waals surface area contributed by atoms with E-state index in [0.29, 0.717) is 5.56 Å². The molecular formula is C20H22ClFN2O3. The van der Waals surface area contributed by atoms with Gasteiger partial charge in [-0.1, -0.05) is 11.6 Å². The second-order valence-electron chi connectivity index (χ2n) is 5.88. The predicted octanol–water partition coefficient (Wildman–Crippen LogP) is 4.51. The van der Waals surface area contributed by atoms with Crippen LogP contribution in [0.4, 0.5) is 15.8 Å². The summed E-state index contributed by atoms with van der Waals surface area (Å²) in [6, 6.07) is 10.6. The van der Waals surface area contributed by atoms with Gasteiger partial charge in [0.2, 0.25) is 0 Å². The number of hydrogen-bond acceptors (Lipinski definition) is 4. The molecule has 0 spiro atoms. The van der Waals surface area contributed by atoms with Crippen molar-refractivity contribution in [2.45, 2.75) is 26.9 Å². The molecule has 1 atom stereocenters. The highest BCUT2D eigenvalue weighted by molar-refractivity contribution is 6.33. The molecule has 27 heavy (non-hydrogen) atoms. The molecule has 2 rings (SSSR count). The largest absolute Gasteiger partial charge is 0.449 e. The van der Waals surface area contributed by atoms with Gasteiger partial charge in [0, 0.05) is 18.8 Å². The molecule has 0 aromatic heterocycles. The molecule has 0 heterocycles. The summed E-state index contributed by atoms with van der Waals surface area (Å²) in [4.78, 5) is 26.6. The molecule has 1 N–H and O–H groups in total. The van der Waals surface area contributed by atoms with E-state index in [9.17, 15) is 14.0 Å². The monoisotopic (exact) mass is 392 g/mol. The van der Waals surface area contributed by atoms with Crippen LogP contribution in [0, 0.1) is 5.82 Å². The lowest BCUT2D eigenvalue weighted by Crippen LogP contribution is -2.30. The van der Waals surface area contributed by atoms with Gasteiger partial charge >= 0.3 is 5.97 Å². The van der Waals surface area contributed by atoms with Crippen LogP contribution >= 0.6 is 11.6 Å². The Morgan fingerprint density at radius 3 is 2.33 bits per heavy atom. The summed E-state index contributed by atoms with van der Waals surface area (Å²) in [5.41, 5.74) is 1.60. The Labute approximate surface area is 163 Å². The normalized spacial score (nSPS) is 11.6. The Bertz CT molecular complexity index is 807. The lowest BCUT2D eigenvalue weighted by atomic mass is 10.2. The minimum Gasteiger partial charge on any atom is -0.449 e. The fraction of sp³-hybridized carbons (Fsp3) is 0.300. The molecule has 0 bridgehead atoms. The third kappa shape index (κ3) is 5.44. The number of nitrogens with zero attached hydrogens (tertiary/aromatic N) is 1. The Kier molecular flexibility index (Phi) is 7.19. The van der Waals surface area contributed by atoms with Crippen molar-refractivity contribution in [3.05, 3.63) is 58.9 Å². The maximum absolute atomic E-state index is 13.1. The van der Waals surface area contributed by atoms with Crippen LogP contribution < -0.4 is 10.2 Å².